The number of anilines is 1. The lowest BCUT2D eigenvalue weighted by molar-refractivity contribution is 0.602. The van der Waals surface area contributed by atoms with E-state index in [2.05, 4.69) is 9.71 Å². The number of rotatable bonds is 3. The Morgan fingerprint density at radius 2 is 2.21 bits per heavy atom. The van der Waals surface area contributed by atoms with Gasteiger partial charge in [-0.1, -0.05) is 11.6 Å². The Balaban J connectivity index is 3.03. The number of nitrogens with one attached hydrogen (secondary N) is 1. The van der Waals surface area contributed by atoms with Crippen LogP contribution in [0.15, 0.2) is 12.3 Å². The molecule has 1 aromatic rings. The Morgan fingerprint density at radius 1 is 1.57 bits per heavy atom. The molecule has 0 unspecified atom stereocenters. The topological polar surface area (TPSA) is 59.1 Å². The first kappa shape index (κ1) is 11.3. The number of nitrogens with zero attached hydrogens (tertiary/aromatic N) is 1. The molecule has 0 aromatic carbocycles. The molecular weight excluding hydrogens is 224 g/mol. The monoisotopic (exact) mass is 234 g/mol. The van der Waals surface area contributed by atoms with Crippen molar-refractivity contribution in [3.8, 4) is 0 Å². The van der Waals surface area contributed by atoms with E-state index in [9.17, 15) is 8.42 Å². The number of sulfonamides is 1. The second-order valence-corrected chi connectivity index (χ2v) is 5.23. The highest BCUT2D eigenvalue weighted by Gasteiger charge is 2.10. The van der Waals surface area contributed by atoms with Crippen LogP contribution < -0.4 is 4.72 Å². The van der Waals surface area contributed by atoms with Gasteiger partial charge in [-0.05, 0) is 25.5 Å². The van der Waals surface area contributed by atoms with Crippen LogP contribution in [0.5, 0.6) is 0 Å². The molecule has 1 aromatic heterocycles. The molecule has 6 heteroatoms. The van der Waals surface area contributed by atoms with Gasteiger partial charge in [-0.25, -0.2) is 13.4 Å². The zero-order valence-corrected chi connectivity index (χ0v) is 9.48. The molecule has 0 aliphatic rings. The number of hydrogen-bond acceptors (Lipinski definition) is 3. The summed E-state index contributed by atoms with van der Waals surface area (Å²) in [5, 5.41) is 0.160. The standard InChI is InChI=1S/C8H11ClN2O2S/c1-3-14(12,13)11-7-4-6(2)5-10-8(7)9/h4-5,11H,3H2,1-2H3. The predicted molar refractivity (Wildman–Crippen MR) is 57.1 cm³/mol. The molecule has 0 saturated carbocycles. The van der Waals surface area contributed by atoms with Crippen molar-refractivity contribution in [3.63, 3.8) is 0 Å². The lowest BCUT2D eigenvalue weighted by Crippen LogP contribution is -2.15. The molecule has 14 heavy (non-hydrogen) atoms. The van der Waals surface area contributed by atoms with E-state index >= 15 is 0 Å². The van der Waals surface area contributed by atoms with E-state index in [4.69, 9.17) is 11.6 Å². The van der Waals surface area contributed by atoms with Crippen LogP contribution >= 0.6 is 11.6 Å². The van der Waals surface area contributed by atoms with E-state index in [1.807, 2.05) is 6.92 Å². The third-order valence-corrected chi connectivity index (χ3v) is 3.21. The van der Waals surface area contributed by atoms with Gasteiger partial charge in [0.25, 0.3) is 0 Å². The zero-order chi connectivity index (χ0) is 10.8. The van der Waals surface area contributed by atoms with E-state index in [0.29, 0.717) is 5.69 Å². The number of pyridine rings is 1. The molecule has 0 bridgehead atoms. The minimum absolute atomic E-state index is 0.0112. The summed E-state index contributed by atoms with van der Waals surface area (Å²) in [6.07, 6.45) is 1.58. The van der Waals surface area contributed by atoms with E-state index in [1.54, 1.807) is 19.2 Å². The molecule has 0 spiro atoms. The quantitative estimate of drug-likeness (QED) is 0.812. The molecule has 1 heterocycles. The van der Waals surface area contributed by atoms with Gasteiger partial charge in [0, 0.05) is 6.20 Å². The van der Waals surface area contributed by atoms with Crippen LogP contribution in [0.25, 0.3) is 0 Å². The lowest BCUT2D eigenvalue weighted by atomic mass is 10.3. The SMILES string of the molecule is CCS(=O)(=O)Nc1cc(C)cnc1Cl. The fourth-order valence-electron chi connectivity index (χ4n) is 0.864. The number of aromatic nitrogens is 1. The van der Waals surface area contributed by atoms with E-state index in [0.717, 1.165) is 5.56 Å². The van der Waals surface area contributed by atoms with Gasteiger partial charge in [0.15, 0.2) is 5.15 Å². The molecule has 0 saturated heterocycles. The van der Waals surface area contributed by atoms with E-state index in [1.165, 1.54) is 0 Å². The van der Waals surface area contributed by atoms with Crippen LogP contribution in [0.2, 0.25) is 5.15 Å². The van der Waals surface area contributed by atoms with Gasteiger partial charge in [-0.2, -0.15) is 0 Å². The summed E-state index contributed by atoms with van der Waals surface area (Å²) in [6, 6.07) is 1.64. The van der Waals surface area contributed by atoms with Crippen molar-refractivity contribution in [3.05, 3.63) is 23.0 Å². The van der Waals surface area contributed by atoms with Gasteiger partial charge < -0.3 is 0 Å². The summed E-state index contributed by atoms with van der Waals surface area (Å²) in [5.41, 5.74) is 1.18. The van der Waals surface area contributed by atoms with Gasteiger partial charge in [-0.3, -0.25) is 4.72 Å². The van der Waals surface area contributed by atoms with Crippen molar-refractivity contribution in [2.24, 2.45) is 0 Å². The zero-order valence-electron chi connectivity index (χ0n) is 7.91. The molecule has 1 N–H and O–H groups in total. The number of hydrogen-bond donors (Lipinski definition) is 1. The maximum atomic E-state index is 11.2. The van der Waals surface area contributed by atoms with Gasteiger partial charge in [0.05, 0.1) is 11.4 Å². The highest BCUT2D eigenvalue weighted by molar-refractivity contribution is 7.92. The second-order valence-electron chi connectivity index (χ2n) is 2.86. The molecule has 0 atom stereocenters. The van der Waals surface area contributed by atoms with Crippen LogP contribution in [0, 0.1) is 6.92 Å². The molecular formula is C8H11ClN2O2S. The summed E-state index contributed by atoms with van der Waals surface area (Å²) >= 11 is 5.72. The van der Waals surface area contributed by atoms with Gasteiger partial charge in [0.2, 0.25) is 10.0 Å². The fourth-order valence-corrected chi connectivity index (χ4v) is 1.71. The summed E-state index contributed by atoms with van der Waals surface area (Å²) in [6.45, 7) is 3.37. The number of aryl methyl sites for hydroxylation is 1. The van der Waals surface area contributed by atoms with Crippen molar-refractivity contribution in [1.29, 1.82) is 0 Å². The van der Waals surface area contributed by atoms with Gasteiger partial charge in [-0.15, -0.1) is 0 Å². The summed E-state index contributed by atoms with van der Waals surface area (Å²) in [7, 11) is -3.29. The summed E-state index contributed by atoms with van der Waals surface area (Å²) in [5.74, 6) is 0.0112. The van der Waals surface area contributed by atoms with Crippen molar-refractivity contribution in [2.45, 2.75) is 13.8 Å². The molecule has 0 fully saturated rings. The predicted octanol–water partition coefficient (Wildman–Crippen LogP) is 1.81. The van der Waals surface area contributed by atoms with Gasteiger partial charge >= 0.3 is 0 Å². The Labute approximate surface area is 88.4 Å². The van der Waals surface area contributed by atoms with E-state index in [-0.39, 0.29) is 10.9 Å². The minimum Gasteiger partial charge on any atom is -0.280 e. The normalized spacial score (nSPS) is 11.4. The highest BCUT2D eigenvalue weighted by atomic mass is 35.5. The second kappa shape index (κ2) is 4.14. The molecule has 0 aliphatic carbocycles. The third kappa shape index (κ3) is 2.85. The van der Waals surface area contributed by atoms with Crippen LogP contribution in [0.1, 0.15) is 12.5 Å². The number of halogens is 1. The Bertz CT molecular complexity index is 431. The largest absolute Gasteiger partial charge is 0.280 e. The first-order valence-electron chi connectivity index (χ1n) is 4.07. The molecule has 78 valence electrons. The molecule has 0 aliphatic heterocycles. The maximum Gasteiger partial charge on any atom is 0.232 e. The molecule has 1 rings (SSSR count). The van der Waals surface area contributed by atoms with Crippen LogP contribution in [-0.2, 0) is 10.0 Å². The summed E-state index contributed by atoms with van der Waals surface area (Å²) in [4.78, 5) is 3.84. The van der Waals surface area contributed by atoms with Crippen molar-refractivity contribution in [1.82, 2.24) is 4.98 Å². The van der Waals surface area contributed by atoms with Gasteiger partial charge in [0.1, 0.15) is 0 Å². The van der Waals surface area contributed by atoms with Crippen LogP contribution in [0.4, 0.5) is 5.69 Å². The van der Waals surface area contributed by atoms with E-state index < -0.39 is 10.0 Å². The molecule has 4 nitrogen and oxygen atoms in total. The van der Waals surface area contributed by atoms with Crippen molar-refractivity contribution < 1.29 is 8.42 Å². The van der Waals surface area contributed by atoms with Crippen molar-refractivity contribution >= 4 is 27.3 Å². The highest BCUT2D eigenvalue weighted by Crippen LogP contribution is 2.20. The first-order chi connectivity index (χ1) is 6.44. The Morgan fingerprint density at radius 3 is 2.79 bits per heavy atom. The van der Waals surface area contributed by atoms with Crippen LogP contribution in [-0.4, -0.2) is 19.2 Å². The molecule has 0 amide bonds. The Kier molecular flexibility index (Phi) is 3.34. The first-order valence-corrected chi connectivity index (χ1v) is 6.10. The average Bonchev–Trinajstić information content (AvgIpc) is 2.11. The minimum atomic E-state index is -3.29. The Hall–Kier alpha value is -0.810. The molecule has 0 radical (unpaired) electrons. The fraction of sp³-hybridized carbons (Fsp3) is 0.375. The third-order valence-electron chi connectivity index (χ3n) is 1.62. The van der Waals surface area contributed by atoms with Crippen LogP contribution in [0.3, 0.4) is 0 Å². The maximum absolute atomic E-state index is 11.2. The summed E-state index contributed by atoms with van der Waals surface area (Å²) < 4.78 is 24.8. The van der Waals surface area contributed by atoms with Crippen molar-refractivity contribution in [2.75, 3.05) is 10.5 Å². The lowest BCUT2D eigenvalue weighted by Gasteiger charge is -2.07. The smallest absolute Gasteiger partial charge is 0.232 e. The average molecular weight is 235 g/mol.